The average molecular weight is 310 g/mol. The topological polar surface area (TPSA) is 12.0 Å². The van der Waals surface area contributed by atoms with Crippen LogP contribution in [-0.2, 0) is 0 Å². The normalized spacial score (nSPS) is 16.8. The van der Waals surface area contributed by atoms with E-state index < -0.39 is 0 Å². The van der Waals surface area contributed by atoms with Crippen LogP contribution in [-0.4, -0.2) is 12.6 Å². The zero-order chi connectivity index (χ0) is 12.8. The minimum Gasteiger partial charge on any atom is -0.313 e. The molecule has 1 saturated carbocycles. The summed E-state index contributed by atoms with van der Waals surface area (Å²) in [7, 11) is 0. The summed E-state index contributed by atoms with van der Waals surface area (Å²) in [5.74, 6) is 0.685. The second-order valence-electron chi connectivity index (χ2n) is 5.43. The van der Waals surface area contributed by atoms with Crippen LogP contribution in [0.4, 0.5) is 0 Å². The fourth-order valence-electron chi connectivity index (χ4n) is 2.36. The Morgan fingerprint density at radius 1 is 1.22 bits per heavy atom. The highest BCUT2D eigenvalue weighted by Gasteiger charge is 2.22. The fourth-order valence-corrected chi connectivity index (χ4v) is 2.62. The van der Waals surface area contributed by atoms with Crippen LogP contribution in [0.3, 0.4) is 0 Å². The quantitative estimate of drug-likeness (QED) is 0.676. The molecule has 100 valence electrons. The molecule has 0 amide bonds. The molecule has 0 heterocycles. The van der Waals surface area contributed by atoms with E-state index in [1.807, 2.05) is 0 Å². The number of rotatable bonds is 8. The molecule has 1 nitrogen and oxygen atoms in total. The lowest BCUT2D eigenvalue weighted by Crippen LogP contribution is -2.23. The first-order valence-corrected chi connectivity index (χ1v) is 8.07. The number of hydrogen-bond acceptors (Lipinski definition) is 1. The molecule has 1 aromatic carbocycles. The second kappa shape index (κ2) is 7.30. The molecule has 1 atom stereocenters. The van der Waals surface area contributed by atoms with E-state index in [9.17, 15) is 0 Å². The van der Waals surface area contributed by atoms with Gasteiger partial charge in [0.15, 0.2) is 0 Å². The largest absolute Gasteiger partial charge is 0.313 e. The van der Waals surface area contributed by atoms with Gasteiger partial charge in [0.05, 0.1) is 0 Å². The van der Waals surface area contributed by atoms with E-state index in [2.05, 4.69) is 52.4 Å². The zero-order valence-electron chi connectivity index (χ0n) is 11.3. The van der Waals surface area contributed by atoms with Gasteiger partial charge in [-0.25, -0.2) is 0 Å². The smallest absolute Gasteiger partial charge is 0.0175 e. The van der Waals surface area contributed by atoms with E-state index in [4.69, 9.17) is 0 Å². The van der Waals surface area contributed by atoms with Crippen LogP contribution in [0, 0.1) is 0 Å². The van der Waals surface area contributed by atoms with E-state index in [0.29, 0.717) is 5.92 Å². The zero-order valence-corrected chi connectivity index (χ0v) is 12.9. The first-order valence-electron chi connectivity index (χ1n) is 7.28. The van der Waals surface area contributed by atoms with Gasteiger partial charge in [-0.2, -0.15) is 0 Å². The van der Waals surface area contributed by atoms with Crippen molar-refractivity contribution in [1.29, 1.82) is 0 Å². The molecular formula is C16H24BrN. The lowest BCUT2D eigenvalue weighted by Gasteiger charge is -2.18. The molecule has 0 saturated heterocycles. The Hall–Kier alpha value is -0.340. The van der Waals surface area contributed by atoms with Crippen LogP contribution < -0.4 is 5.32 Å². The standard InChI is InChI=1S/C16H24BrN/c1-2-3-4-5-14(12-18-16-10-11-16)13-6-8-15(17)9-7-13/h6-9,14,16,18H,2-5,10-12H2,1H3. The Morgan fingerprint density at radius 2 is 1.94 bits per heavy atom. The molecule has 0 aliphatic heterocycles. The van der Waals surface area contributed by atoms with Gasteiger partial charge in [0.1, 0.15) is 0 Å². The highest BCUT2D eigenvalue weighted by Crippen LogP contribution is 2.26. The predicted octanol–water partition coefficient (Wildman–Crippen LogP) is 4.87. The van der Waals surface area contributed by atoms with Crippen molar-refractivity contribution >= 4 is 15.9 Å². The molecule has 2 rings (SSSR count). The van der Waals surface area contributed by atoms with Gasteiger partial charge < -0.3 is 5.32 Å². The Labute approximate surface area is 119 Å². The Morgan fingerprint density at radius 3 is 2.56 bits per heavy atom. The summed E-state index contributed by atoms with van der Waals surface area (Å²) in [6, 6.07) is 9.69. The van der Waals surface area contributed by atoms with Crippen LogP contribution in [0.25, 0.3) is 0 Å². The van der Waals surface area contributed by atoms with Crippen LogP contribution in [0.5, 0.6) is 0 Å². The minimum atomic E-state index is 0.685. The van der Waals surface area contributed by atoms with Gasteiger partial charge in [-0.05, 0) is 42.9 Å². The molecule has 0 aromatic heterocycles. The highest BCUT2D eigenvalue weighted by molar-refractivity contribution is 9.10. The third-order valence-electron chi connectivity index (χ3n) is 3.73. The number of halogens is 1. The van der Waals surface area contributed by atoms with Crippen molar-refractivity contribution in [2.24, 2.45) is 0 Å². The SMILES string of the molecule is CCCCCC(CNC1CC1)c1ccc(Br)cc1. The molecule has 1 fully saturated rings. The number of unbranched alkanes of at least 4 members (excludes halogenated alkanes) is 2. The number of nitrogens with one attached hydrogen (secondary N) is 1. The highest BCUT2D eigenvalue weighted by atomic mass is 79.9. The number of benzene rings is 1. The molecule has 2 heteroatoms. The van der Waals surface area contributed by atoms with Gasteiger partial charge in [-0.1, -0.05) is 54.2 Å². The van der Waals surface area contributed by atoms with Crippen molar-refractivity contribution in [2.75, 3.05) is 6.54 Å². The lowest BCUT2D eigenvalue weighted by atomic mass is 9.93. The van der Waals surface area contributed by atoms with Crippen molar-refractivity contribution in [3.63, 3.8) is 0 Å². The van der Waals surface area contributed by atoms with E-state index in [0.717, 1.165) is 12.6 Å². The maximum atomic E-state index is 3.68. The van der Waals surface area contributed by atoms with Crippen molar-refractivity contribution < 1.29 is 0 Å². The maximum absolute atomic E-state index is 3.68. The molecular weight excluding hydrogens is 286 g/mol. The van der Waals surface area contributed by atoms with Crippen molar-refractivity contribution in [3.8, 4) is 0 Å². The monoisotopic (exact) mass is 309 g/mol. The first-order chi connectivity index (χ1) is 8.79. The third kappa shape index (κ3) is 4.74. The summed E-state index contributed by atoms with van der Waals surface area (Å²) in [6.45, 7) is 3.42. The summed E-state index contributed by atoms with van der Waals surface area (Å²) in [5.41, 5.74) is 1.49. The van der Waals surface area contributed by atoms with Crippen molar-refractivity contribution in [1.82, 2.24) is 5.32 Å². The molecule has 1 unspecified atom stereocenters. The Bertz CT molecular complexity index is 343. The van der Waals surface area contributed by atoms with E-state index in [1.165, 1.54) is 48.6 Å². The summed E-state index contributed by atoms with van der Waals surface area (Å²) in [5, 5.41) is 3.68. The summed E-state index contributed by atoms with van der Waals surface area (Å²) in [4.78, 5) is 0. The molecule has 0 spiro atoms. The summed E-state index contributed by atoms with van der Waals surface area (Å²) >= 11 is 3.52. The van der Waals surface area contributed by atoms with Gasteiger partial charge in [0.2, 0.25) is 0 Å². The predicted molar refractivity (Wildman–Crippen MR) is 82.0 cm³/mol. The van der Waals surface area contributed by atoms with Gasteiger partial charge in [-0.3, -0.25) is 0 Å². The molecule has 0 bridgehead atoms. The molecule has 0 radical (unpaired) electrons. The van der Waals surface area contributed by atoms with Crippen LogP contribution in [0.15, 0.2) is 28.7 Å². The number of hydrogen-bond donors (Lipinski definition) is 1. The molecule has 1 aliphatic carbocycles. The van der Waals surface area contributed by atoms with E-state index in [1.54, 1.807) is 0 Å². The second-order valence-corrected chi connectivity index (χ2v) is 6.34. The van der Waals surface area contributed by atoms with Crippen LogP contribution >= 0.6 is 15.9 Å². The Balaban J connectivity index is 1.90. The van der Waals surface area contributed by atoms with Gasteiger partial charge >= 0.3 is 0 Å². The lowest BCUT2D eigenvalue weighted by molar-refractivity contribution is 0.518. The third-order valence-corrected chi connectivity index (χ3v) is 4.26. The molecule has 18 heavy (non-hydrogen) atoms. The molecule has 1 aromatic rings. The average Bonchev–Trinajstić information content (AvgIpc) is 3.19. The van der Waals surface area contributed by atoms with E-state index in [-0.39, 0.29) is 0 Å². The van der Waals surface area contributed by atoms with Crippen molar-refractivity contribution in [2.45, 2.75) is 57.4 Å². The molecule has 1 N–H and O–H groups in total. The first kappa shape index (κ1) is 14.1. The van der Waals surface area contributed by atoms with E-state index >= 15 is 0 Å². The van der Waals surface area contributed by atoms with Crippen LogP contribution in [0.2, 0.25) is 0 Å². The minimum absolute atomic E-state index is 0.685. The van der Waals surface area contributed by atoms with Crippen LogP contribution in [0.1, 0.15) is 56.9 Å². The molecule has 1 aliphatic rings. The summed E-state index contributed by atoms with van der Waals surface area (Å²) in [6.07, 6.45) is 8.09. The summed E-state index contributed by atoms with van der Waals surface area (Å²) < 4.78 is 1.17. The van der Waals surface area contributed by atoms with Gasteiger partial charge in [0, 0.05) is 17.1 Å². The Kier molecular flexibility index (Phi) is 5.71. The maximum Gasteiger partial charge on any atom is 0.0175 e. The van der Waals surface area contributed by atoms with Crippen molar-refractivity contribution in [3.05, 3.63) is 34.3 Å². The van der Waals surface area contributed by atoms with Gasteiger partial charge in [-0.15, -0.1) is 0 Å². The van der Waals surface area contributed by atoms with Gasteiger partial charge in [0.25, 0.3) is 0 Å². The fraction of sp³-hybridized carbons (Fsp3) is 0.625.